The molecule has 2 aromatic heterocycles. The van der Waals surface area contributed by atoms with Gasteiger partial charge < -0.3 is 19.5 Å². The smallest absolute Gasteiger partial charge is 0.290 e. The predicted molar refractivity (Wildman–Crippen MR) is 145 cm³/mol. The lowest BCUT2D eigenvalue weighted by molar-refractivity contribution is -0.117. The fraction of sp³-hybridized carbons (Fsp3) is 0.444. The molecule has 0 saturated carbocycles. The van der Waals surface area contributed by atoms with Crippen LogP contribution >= 0.6 is 11.3 Å². The number of hydrogen-bond donors (Lipinski definition) is 1. The number of hydrogen-bond acceptors (Lipinski definition) is 6. The molecule has 2 amide bonds. The minimum Gasteiger partial charge on any atom is -0.495 e. The van der Waals surface area contributed by atoms with Gasteiger partial charge in [0.15, 0.2) is 5.82 Å². The highest BCUT2D eigenvalue weighted by molar-refractivity contribution is 7.13. The van der Waals surface area contributed by atoms with Crippen molar-refractivity contribution in [2.45, 2.75) is 46.2 Å². The molecule has 1 aliphatic heterocycles. The van der Waals surface area contributed by atoms with E-state index < -0.39 is 0 Å². The molecule has 4 rings (SSSR count). The number of carbonyl (C=O) groups is 2. The Morgan fingerprint density at radius 2 is 2.00 bits per heavy atom. The molecule has 0 saturated heterocycles. The molecular formula is C27H35N5O3S. The Bertz CT molecular complexity index is 1270. The summed E-state index contributed by atoms with van der Waals surface area (Å²) >= 11 is 1.59. The first-order valence-electron chi connectivity index (χ1n) is 12.2. The van der Waals surface area contributed by atoms with Gasteiger partial charge in [0.05, 0.1) is 29.9 Å². The van der Waals surface area contributed by atoms with Gasteiger partial charge in [-0.3, -0.25) is 14.5 Å². The number of likely N-dealkylation sites (N-methyl/N-ethyl adjacent to an activating group) is 1. The lowest BCUT2D eigenvalue weighted by Gasteiger charge is -2.32. The summed E-state index contributed by atoms with van der Waals surface area (Å²) in [7, 11) is 5.33. The first-order valence-corrected chi connectivity index (χ1v) is 13.0. The summed E-state index contributed by atoms with van der Waals surface area (Å²) < 4.78 is 7.67. The number of nitrogens with one attached hydrogen (secondary N) is 1. The Hall–Kier alpha value is -3.17. The van der Waals surface area contributed by atoms with Crippen molar-refractivity contribution >= 4 is 28.8 Å². The fourth-order valence-electron chi connectivity index (χ4n) is 4.24. The topological polar surface area (TPSA) is 79.7 Å². The van der Waals surface area contributed by atoms with Crippen molar-refractivity contribution in [1.29, 1.82) is 0 Å². The van der Waals surface area contributed by atoms with Crippen LogP contribution in [0.5, 0.6) is 5.75 Å². The Labute approximate surface area is 216 Å². The SMILES string of the molecule is CCN(C)CC(=O)Nc1cc2c(cc1OC)CCn1c(C(=O)N(C)C(C)(C)C)nc(-c3cccs3)c1-2. The van der Waals surface area contributed by atoms with E-state index in [4.69, 9.17) is 9.72 Å². The number of ether oxygens (including phenoxy) is 1. The van der Waals surface area contributed by atoms with Gasteiger partial charge in [-0.1, -0.05) is 13.0 Å². The van der Waals surface area contributed by atoms with E-state index in [1.165, 1.54) is 0 Å². The maximum atomic E-state index is 13.6. The zero-order valence-electron chi connectivity index (χ0n) is 22.1. The highest BCUT2D eigenvalue weighted by Crippen LogP contribution is 2.43. The van der Waals surface area contributed by atoms with Gasteiger partial charge in [-0.15, -0.1) is 11.3 Å². The van der Waals surface area contributed by atoms with Crippen LogP contribution in [-0.2, 0) is 17.8 Å². The second-order valence-electron chi connectivity index (χ2n) is 10.1. The number of thiophene rings is 1. The fourth-order valence-corrected chi connectivity index (χ4v) is 4.96. The van der Waals surface area contributed by atoms with Crippen molar-refractivity contribution < 1.29 is 14.3 Å². The summed E-state index contributed by atoms with van der Waals surface area (Å²) in [6.07, 6.45) is 0.727. The van der Waals surface area contributed by atoms with Crippen LogP contribution in [0.3, 0.4) is 0 Å². The van der Waals surface area contributed by atoms with E-state index in [0.717, 1.165) is 40.4 Å². The summed E-state index contributed by atoms with van der Waals surface area (Å²) in [5.74, 6) is 0.834. The Balaban J connectivity index is 1.86. The maximum absolute atomic E-state index is 13.6. The van der Waals surface area contributed by atoms with E-state index >= 15 is 0 Å². The third-order valence-electron chi connectivity index (χ3n) is 6.74. The number of rotatable bonds is 7. The van der Waals surface area contributed by atoms with Crippen LogP contribution in [0, 0.1) is 0 Å². The average molecular weight is 510 g/mol. The molecule has 8 nitrogen and oxygen atoms in total. The molecule has 0 aliphatic carbocycles. The van der Waals surface area contributed by atoms with Crippen molar-refractivity contribution in [3.63, 3.8) is 0 Å². The van der Waals surface area contributed by atoms with E-state index in [1.54, 1.807) is 23.3 Å². The molecule has 36 heavy (non-hydrogen) atoms. The van der Waals surface area contributed by atoms with Crippen molar-refractivity contribution in [2.24, 2.45) is 0 Å². The number of nitrogens with zero attached hydrogens (tertiary/aromatic N) is 4. The van der Waals surface area contributed by atoms with E-state index in [0.29, 0.717) is 23.8 Å². The summed E-state index contributed by atoms with van der Waals surface area (Å²) in [5.41, 5.74) is 4.00. The molecule has 0 radical (unpaired) electrons. The van der Waals surface area contributed by atoms with E-state index in [2.05, 4.69) is 5.32 Å². The summed E-state index contributed by atoms with van der Waals surface area (Å²) in [4.78, 5) is 35.9. The number of anilines is 1. The van der Waals surface area contributed by atoms with E-state index in [9.17, 15) is 9.59 Å². The average Bonchev–Trinajstić information content (AvgIpc) is 3.50. The van der Waals surface area contributed by atoms with Crippen LogP contribution in [0.25, 0.3) is 21.8 Å². The summed E-state index contributed by atoms with van der Waals surface area (Å²) in [5, 5.41) is 5.03. The standard InChI is InChI=1S/C27H35N5O3S/c1-8-30(5)16-22(33)28-19-15-18-17(14-20(19)35-7)11-12-32-24(18)23(21-10-9-13-36-21)29-25(32)26(34)31(6)27(2,3)4/h9-10,13-15H,8,11-12,16H2,1-7H3,(H,28,33). The van der Waals surface area contributed by atoms with Gasteiger partial charge in [0.1, 0.15) is 11.4 Å². The van der Waals surface area contributed by atoms with Crippen molar-refractivity contribution in [3.8, 4) is 27.6 Å². The summed E-state index contributed by atoms with van der Waals surface area (Å²) in [6, 6.07) is 7.97. The van der Waals surface area contributed by atoms with Gasteiger partial charge in [0.25, 0.3) is 5.91 Å². The number of fused-ring (bicyclic) bond motifs is 3. The van der Waals surface area contributed by atoms with Crippen LogP contribution in [0.2, 0.25) is 0 Å². The van der Waals surface area contributed by atoms with Crippen LogP contribution in [0.4, 0.5) is 5.69 Å². The number of aryl methyl sites for hydroxylation is 1. The monoisotopic (exact) mass is 509 g/mol. The first kappa shape index (κ1) is 25.9. The summed E-state index contributed by atoms with van der Waals surface area (Å²) in [6.45, 7) is 9.74. The third-order valence-corrected chi connectivity index (χ3v) is 7.61. The maximum Gasteiger partial charge on any atom is 0.290 e. The van der Waals surface area contributed by atoms with Crippen molar-refractivity contribution in [2.75, 3.05) is 39.6 Å². The number of benzene rings is 1. The van der Waals surface area contributed by atoms with Crippen LogP contribution in [-0.4, -0.2) is 71.0 Å². The molecule has 0 spiro atoms. The number of methoxy groups -OCH3 is 1. The van der Waals surface area contributed by atoms with Crippen LogP contribution in [0.1, 0.15) is 43.9 Å². The first-order chi connectivity index (χ1) is 17.0. The number of carbonyl (C=O) groups excluding carboxylic acids is 2. The molecule has 9 heteroatoms. The molecule has 1 aromatic carbocycles. The third kappa shape index (κ3) is 4.90. The normalized spacial score (nSPS) is 12.8. The highest BCUT2D eigenvalue weighted by atomic mass is 32.1. The molecule has 3 heterocycles. The Morgan fingerprint density at radius 1 is 1.25 bits per heavy atom. The number of amides is 2. The predicted octanol–water partition coefficient (Wildman–Crippen LogP) is 4.60. The lowest BCUT2D eigenvalue weighted by atomic mass is 9.95. The Morgan fingerprint density at radius 3 is 2.61 bits per heavy atom. The van der Waals surface area contributed by atoms with Crippen LogP contribution in [0.15, 0.2) is 29.6 Å². The van der Waals surface area contributed by atoms with Gasteiger partial charge >= 0.3 is 0 Å². The van der Waals surface area contributed by atoms with Gasteiger partial charge in [-0.25, -0.2) is 4.98 Å². The quantitative estimate of drug-likeness (QED) is 0.503. The van der Waals surface area contributed by atoms with Gasteiger partial charge in [-0.05, 0) is 69.9 Å². The number of imidazole rings is 1. The molecule has 192 valence electrons. The molecule has 0 bridgehead atoms. The van der Waals surface area contributed by atoms with Gasteiger partial charge in [-0.2, -0.15) is 0 Å². The van der Waals surface area contributed by atoms with Gasteiger partial charge in [0.2, 0.25) is 5.91 Å². The van der Waals surface area contributed by atoms with E-state index in [1.807, 2.05) is 80.9 Å². The zero-order chi connectivity index (χ0) is 26.2. The minimum atomic E-state index is -0.338. The molecule has 1 aliphatic rings. The second kappa shape index (κ2) is 10.1. The molecule has 0 fully saturated rings. The molecule has 0 atom stereocenters. The second-order valence-corrected chi connectivity index (χ2v) is 11.1. The van der Waals surface area contributed by atoms with Crippen LogP contribution < -0.4 is 10.1 Å². The molecular weight excluding hydrogens is 474 g/mol. The lowest BCUT2D eigenvalue weighted by Crippen LogP contribution is -2.43. The molecule has 1 N–H and O–H groups in total. The van der Waals surface area contributed by atoms with Crippen molar-refractivity contribution in [3.05, 3.63) is 41.0 Å². The van der Waals surface area contributed by atoms with Gasteiger partial charge in [0, 0.05) is 24.7 Å². The largest absolute Gasteiger partial charge is 0.495 e. The number of aromatic nitrogens is 2. The zero-order valence-corrected chi connectivity index (χ0v) is 23.0. The minimum absolute atomic E-state index is 0.108. The van der Waals surface area contributed by atoms with E-state index in [-0.39, 0.29) is 23.9 Å². The Kier molecular flexibility index (Phi) is 7.24. The highest BCUT2D eigenvalue weighted by Gasteiger charge is 2.33. The molecule has 0 unspecified atom stereocenters. The molecule has 3 aromatic rings. The van der Waals surface area contributed by atoms with Crippen molar-refractivity contribution in [1.82, 2.24) is 19.4 Å².